The molecule has 116 valence electrons. The molecule has 7 heteroatoms. The number of nitro benzene ring substituents is 1. The van der Waals surface area contributed by atoms with Crippen LogP contribution in [0.25, 0.3) is 0 Å². The second kappa shape index (κ2) is 6.76. The second-order valence-electron chi connectivity index (χ2n) is 5.76. The smallest absolute Gasteiger partial charge is 0.307 e. The first-order chi connectivity index (χ1) is 9.65. The third-order valence-corrected chi connectivity index (χ3v) is 3.36. The molecule has 0 heterocycles. The van der Waals surface area contributed by atoms with Gasteiger partial charge in [0.05, 0.1) is 18.5 Å². The molecule has 0 bridgehead atoms. The van der Waals surface area contributed by atoms with Gasteiger partial charge >= 0.3 is 5.97 Å². The molecular weight excluding hydrogens is 296 g/mol. The topological polar surface area (TPSA) is 81.5 Å². The summed E-state index contributed by atoms with van der Waals surface area (Å²) in [5.74, 6) is -0.382. The number of anilines is 1. The highest BCUT2D eigenvalue weighted by atomic mass is 35.5. The summed E-state index contributed by atoms with van der Waals surface area (Å²) < 4.78 is 4.68. The molecule has 0 aliphatic heterocycles. The maximum atomic E-state index is 11.5. The van der Waals surface area contributed by atoms with Gasteiger partial charge < -0.3 is 10.1 Å². The van der Waals surface area contributed by atoms with E-state index < -0.39 is 4.92 Å². The van der Waals surface area contributed by atoms with Crippen LogP contribution in [0.4, 0.5) is 11.4 Å². The van der Waals surface area contributed by atoms with Crippen LogP contribution in [0.3, 0.4) is 0 Å². The van der Waals surface area contributed by atoms with Gasteiger partial charge in [0, 0.05) is 17.1 Å². The Balaban J connectivity index is 3.11. The summed E-state index contributed by atoms with van der Waals surface area (Å²) in [5.41, 5.74) is -0.0977. The molecule has 1 aromatic carbocycles. The van der Waals surface area contributed by atoms with Crippen molar-refractivity contribution in [2.24, 2.45) is 5.41 Å². The highest BCUT2D eigenvalue weighted by Crippen LogP contribution is 2.32. The van der Waals surface area contributed by atoms with Crippen molar-refractivity contribution in [3.63, 3.8) is 0 Å². The van der Waals surface area contributed by atoms with Gasteiger partial charge in [-0.2, -0.15) is 0 Å². The number of nitrogens with one attached hydrogen (secondary N) is 1. The third kappa shape index (κ3) is 4.90. The second-order valence-corrected chi connectivity index (χ2v) is 6.20. The standard InChI is InChI=1S/C14H19ClN2O4/c1-14(2,3)12(8-13(18)21-4)16-10-7-9(15)5-6-11(10)17(19)20/h5-7,12,16H,8H2,1-4H3/t12-/m0/s1. The first kappa shape index (κ1) is 17.2. The van der Waals surface area contributed by atoms with Crippen molar-refractivity contribution in [2.75, 3.05) is 12.4 Å². The van der Waals surface area contributed by atoms with Crippen molar-refractivity contribution < 1.29 is 14.5 Å². The number of esters is 1. The number of benzene rings is 1. The maximum absolute atomic E-state index is 11.5. The van der Waals surface area contributed by atoms with Crippen LogP contribution in [0, 0.1) is 15.5 Å². The van der Waals surface area contributed by atoms with E-state index in [0.717, 1.165) is 0 Å². The molecule has 0 radical (unpaired) electrons. The predicted octanol–water partition coefficient (Wildman–Crippen LogP) is 3.64. The lowest BCUT2D eigenvalue weighted by Crippen LogP contribution is -2.36. The number of carbonyl (C=O) groups excluding carboxylic acids is 1. The average Bonchev–Trinajstić information content (AvgIpc) is 2.36. The third-order valence-electron chi connectivity index (χ3n) is 3.13. The van der Waals surface area contributed by atoms with E-state index in [0.29, 0.717) is 5.02 Å². The zero-order valence-corrected chi connectivity index (χ0v) is 13.2. The van der Waals surface area contributed by atoms with Gasteiger partial charge in [-0.15, -0.1) is 0 Å². The lowest BCUT2D eigenvalue weighted by molar-refractivity contribution is -0.384. The Morgan fingerprint density at radius 3 is 2.57 bits per heavy atom. The maximum Gasteiger partial charge on any atom is 0.307 e. The van der Waals surface area contributed by atoms with Gasteiger partial charge in [0.15, 0.2) is 0 Å². The van der Waals surface area contributed by atoms with Crippen molar-refractivity contribution in [3.05, 3.63) is 33.3 Å². The SMILES string of the molecule is COC(=O)C[C@H](Nc1cc(Cl)ccc1[N+](=O)[O-])C(C)(C)C. The number of carbonyl (C=O) groups is 1. The van der Waals surface area contributed by atoms with Crippen LogP contribution >= 0.6 is 11.6 Å². The Hall–Kier alpha value is -1.82. The van der Waals surface area contributed by atoms with Crippen LogP contribution in [-0.2, 0) is 9.53 Å². The van der Waals surface area contributed by atoms with Crippen LogP contribution in [0.1, 0.15) is 27.2 Å². The van der Waals surface area contributed by atoms with Crippen LogP contribution in [0.2, 0.25) is 5.02 Å². The molecule has 1 rings (SSSR count). The number of halogens is 1. The number of hydrogen-bond donors (Lipinski definition) is 1. The monoisotopic (exact) mass is 314 g/mol. The molecule has 0 unspecified atom stereocenters. The van der Waals surface area contributed by atoms with Crippen LogP contribution in [0.5, 0.6) is 0 Å². The normalized spacial score (nSPS) is 12.6. The molecular formula is C14H19ClN2O4. The minimum atomic E-state index is -0.490. The van der Waals surface area contributed by atoms with Gasteiger partial charge in [-0.05, 0) is 17.5 Å². The average molecular weight is 315 g/mol. The molecule has 0 saturated carbocycles. The fraction of sp³-hybridized carbons (Fsp3) is 0.500. The zero-order chi connectivity index (χ0) is 16.2. The number of nitrogens with zero attached hydrogens (tertiary/aromatic N) is 1. The Kier molecular flexibility index (Phi) is 5.54. The molecule has 0 amide bonds. The molecule has 1 atom stereocenters. The summed E-state index contributed by atoms with van der Waals surface area (Å²) in [4.78, 5) is 22.1. The lowest BCUT2D eigenvalue weighted by Gasteiger charge is -2.31. The number of nitro groups is 1. The number of hydrogen-bond acceptors (Lipinski definition) is 5. The van der Waals surface area contributed by atoms with Gasteiger partial charge in [0.2, 0.25) is 0 Å². The molecule has 0 fully saturated rings. The van der Waals surface area contributed by atoms with Gasteiger partial charge in [0.25, 0.3) is 5.69 Å². The van der Waals surface area contributed by atoms with E-state index in [-0.39, 0.29) is 35.2 Å². The van der Waals surface area contributed by atoms with E-state index in [2.05, 4.69) is 10.1 Å². The lowest BCUT2D eigenvalue weighted by atomic mass is 9.84. The van der Waals surface area contributed by atoms with Gasteiger partial charge in [0.1, 0.15) is 5.69 Å². The molecule has 0 aliphatic carbocycles. The van der Waals surface area contributed by atoms with Crippen molar-refractivity contribution in [1.29, 1.82) is 0 Å². The molecule has 6 nitrogen and oxygen atoms in total. The molecule has 21 heavy (non-hydrogen) atoms. The molecule has 0 aliphatic rings. The van der Waals surface area contributed by atoms with Crippen molar-refractivity contribution in [1.82, 2.24) is 0 Å². The van der Waals surface area contributed by atoms with Crippen LogP contribution in [0.15, 0.2) is 18.2 Å². The van der Waals surface area contributed by atoms with Crippen molar-refractivity contribution in [3.8, 4) is 0 Å². The van der Waals surface area contributed by atoms with Crippen molar-refractivity contribution >= 4 is 28.9 Å². The largest absolute Gasteiger partial charge is 0.469 e. The Morgan fingerprint density at radius 1 is 1.48 bits per heavy atom. The first-order valence-corrected chi connectivity index (χ1v) is 6.80. The van der Waals surface area contributed by atoms with Gasteiger partial charge in [-0.25, -0.2) is 0 Å². The Labute approximate surface area is 128 Å². The Morgan fingerprint density at radius 2 is 2.10 bits per heavy atom. The molecule has 1 N–H and O–H groups in total. The van der Waals surface area contributed by atoms with E-state index in [1.54, 1.807) is 0 Å². The first-order valence-electron chi connectivity index (χ1n) is 6.42. The fourth-order valence-electron chi connectivity index (χ4n) is 1.79. The summed E-state index contributed by atoms with van der Waals surface area (Å²) in [6, 6.07) is 3.94. The predicted molar refractivity (Wildman–Crippen MR) is 81.6 cm³/mol. The summed E-state index contributed by atoms with van der Waals surface area (Å²) >= 11 is 5.90. The Bertz CT molecular complexity index is 540. The highest BCUT2D eigenvalue weighted by molar-refractivity contribution is 6.31. The number of rotatable bonds is 5. The minimum absolute atomic E-state index is 0.0847. The summed E-state index contributed by atoms with van der Waals surface area (Å²) in [5, 5.41) is 14.5. The summed E-state index contributed by atoms with van der Waals surface area (Å²) in [6.45, 7) is 5.80. The molecule has 1 aromatic rings. The molecule has 0 spiro atoms. The zero-order valence-electron chi connectivity index (χ0n) is 12.5. The minimum Gasteiger partial charge on any atom is -0.469 e. The van der Waals surface area contributed by atoms with Crippen molar-refractivity contribution in [2.45, 2.75) is 33.2 Å². The van der Waals surface area contributed by atoms with Gasteiger partial charge in [-0.1, -0.05) is 32.4 Å². The van der Waals surface area contributed by atoms with E-state index >= 15 is 0 Å². The number of ether oxygens (including phenoxy) is 1. The number of methoxy groups -OCH3 is 1. The van der Waals surface area contributed by atoms with Crippen LogP contribution in [-0.4, -0.2) is 24.0 Å². The van der Waals surface area contributed by atoms with E-state index in [9.17, 15) is 14.9 Å². The van der Waals surface area contributed by atoms with Gasteiger partial charge in [-0.3, -0.25) is 14.9 Å². The van der Waals surface area contributed by atoms with E-state index in [1.165, 1.54) is 25.3 Å². The molecule has 0 aromatic heterocycles. The summed E-state index contributed by atoms with van der Waals surface area (Å²) in [7, 11) is 1.31. The quantitative estimate of drug-likeness (QED) is 0.510. The van der Waals surface area contributed by atoms with Crippen LogP contribution < -0.4 is 5.32 Å². The van der Waals surface area contributed by atoms with E-state index in [1.807, 2.05) is 20.8 Å². The molecule has 0 saturated heterocycles. The summed E-state index contributed by atoms with van der Waals surface area (Å²) in [6.07, 6.45) is 0.101. The fourth-order valence-corrected chi connectivity index (χ4v) is 1.97. The van der Waals surface area contributed by atoms with E-state index in [4.69, 9.17) is 11.6 Å². The highest BCUT2D eigenvalue weighted by Gasteiger charge is 2.29.